The molecule has 1 amide bonds. The van der Waals surface area contributed by atoms with Crippen LogP contribution in [-0.2, 0) is 11.3 Å². The van der Waals surface area contributed by atoms with E-state index in [0.29, 0.717) is 19.5 Å². The van der Waals surface area contributed by atoms with E-state index >= 15 is 0 Å². The van der Waals surface area contributed by atoms with Crippen LogP contribution < -0.4 is 10.9 Å². The molecule has 1 N–H and O–H groups in total. The average molecular weight is 301 g/mol. The second kappa shape index (κ2) is 7.87. The maximum Gasteiger partial charge on any atom is 0.266 e. The van der Waals surface area contributed by atoms with E-state index in [9.17, 15) is 14.0 Å². The third kappa shape index (κ3) is 4.97. The van der Waals surface area contributed by atoms with Gasteiger partial charge in [-0.05, 0) is 36.3 Å². The third-order valence-electron chi connectivity index (χ3n) is 2.93. The number of nitrogens with zero attached hydrogens (tertiary/aromatic N) is 2. The van der Waals surface area contributed by atoms with Crippen LogP contribution in [0.4, 0.5) is 4.39 Å². The highest BCUT2D eigenvalue weighted by Gasteiger charge is 1.98. The molecule has 0 unspecified atom stereocenters. The highest BCUT2D eigenvalue weighted by molar-refractivity contribution is 5.91. The van der Waals surface area contributed by atoms with Crippen molar-refractivity contribution in [3.05, 3.63) is 70.4 Å². The molecule has 6 heteroatoms. The van der Waals surface area contributed by atoms with Gasteiger partial charge < -0.3 is 5.32 Å². The van der Waals surface area contributed by atoms with Crippen molar-refractivity contribution in [3.63, 3.8) is 0 Å². The minimum atomic E-state index is -0.314. The normalized spacial score (nSPS) is 10.8. The van der Waals surface area contributed by atoms with E-state index < -0.39 is 0 Å². The summed E-state index contributed by atoms with van der Waals surface area (Å²) in [7, 11) is 0. The minimum Gasteiger partial charge on any atom is -0.352 e. The van der Waals surface area contributed by atoms with Gasteiger partial charge in [0.25, 0.3) is 5.56 Å². The number of carbonyl (C=O) groups excluding carboxylic acids is 1. The first-order valence-corrected chi connectivity index (χ1v) is 6.89. The van der Waals surface area contributed by atoms with Crippen molar-refractivity contribution in [1.29, 1.82) is 0 Å². The van der Waals surface area contributed by atoms with Crippen molar-refractivity contribution >= 4 is 12.0 Å². The zero-order chi connectivity index (χ0) is 15.8. The molecular weight excluding hydrogens is 285 g/mol. The van der Waals surface area contributed by atoms with Gasteiger partial charge >= 0.3 is 0 Å². The van der Waals surface area contributed by atoms with Crippen molar-refractivity contribution in [2.45, 2.75) is 13.0 Å². The highest BCUT2D eigenvalue weighted by atomic mass is 19.1. The summed E-state index contributed by atoms with van der Waals surface area (Å²) in [5.74, 6) is -0.552. The number of aromatic nitrogens is 2. The van der Waals surface area contributed by atoms with Gasteiger partial charge in [-0.1, -0.05) is 12.1 Å². The summed E-state index contributed by atoms with van der Waals surface area (Å²) in [6, 6.07) is 8.88. The van der Waals surface area contributed by atoms with Gasteiger partial charge in [-0.3, -0.25) is 9.59 Å². The maximum atomic E-state index is 12.7. The van der Waals surface area contributed by atoms with Crippen molar-refractivity contribution in [2.75, 3.05) is 6.54 Å². The molecule has 0 bridgehead atoms. The topological polar surface area (TPSA) is 64.0 Å². The monoisotopic (exact) mass is 301 g/mol. The van der Waals surface area contributed by atoms with Gasteiger partial charge in [0.2, 0.25) is 5.91 Å². The van der Waals surface area contributed by atoms with Crippen LogP contribution in [0.5, 0.6) is 0 Å². The molecule has 0 fully saturated rings. The van der Waals surface area contributed by atoms with E-state index in [2.05, 4.69) is 10.4 Å². The average Bonchev–Trinajstić information content (AvgIpc) is 2.52. The Bertz CT molecular complexity index is 708. The van der Waals surface area contributed by atoms with Crippen molar-refractivity contribution in [2.24, 2.45) is 0 Å². The van der Waals surface area contributed by atoms with Crippen LogP contribution in [0.15, 0.2) is 53.5 Å². The predicted octanol–water partition coefficient (Wildman–Crippen LogP) is 1.60. The Labute approximate surface area is 127 Å². The molecule has 1 heterocycles. The number of amides is 1. The first-order chi connectivity index (χ1) is 10.6. The summed E-state index contributed by atoms with van der Waals surface area (Å²) in [4.78, 5) is 23.0. The third-order valence-corrected chi connectivity index (χ3v) is 2.93. The van der Waals surface area contributed by atoms with Crippen LogP contribution in [-0.4, -0.2) is 22.2 Å². The summed E-state index contributed by atoms with van der Waals surface area (Å²) in [5.41, 5.74) is 0.585. The first kappa shape index (κ1) is 15.6. The predicted molar refractivity (Wildman–Crippen MR) is 81.6 cm³/mol. The summed E-state index contributed by atoms with van der Waals surface area (Å²) in [6.45, 7) is 0.886. The standard InChI is InChI=1S/C16H16FN3O2/c17-14-7-4-13(5-8-14)6-9-15(21)18-10-2-12-20-16(22)3-1-11-19-20/h1,3-9,11H,2,10,12H2,(H,18,21)/b9-6+. The fraction of sp³-hybridized carbons (Fsp3) is 0.188. The van der Waals surface area contributed by atoms with Crippen molar-refractivity contribution in [3.8, 4) is 0 Å². The van der Waals surface area contributed by atoms with Crippen LogP contribution in [0, 0.1) is 5.82 Å². The van der Waals surface area contributed by atoms with E-state index in [-0.39, 0.29) is 17.3 Å². The van der Waals surface area contributed by atoms with Crippen LogP contribution in [0.1, 0.15) is 12.0 Å². The lowest BCUT2D eigenvalue weighted by Gasteiger charge is -2.04. The Morgan fingerprint density at radius 3 is 2.77 bits per heavy atom. The van der Waals surface area contributed by atoms with Gasteiger partial charge in [0.15, 0.2) is 0 Å². The minimum absolute atomic E-state index is 0.162. The van der Waals surface area contributed by atoms with Crippen LogP contribution in [0.25, 0.3) is 6.08 Å². The molecule has 0 atom stereocenters. The zero-order valence-corrected chi connectivity index (χ0v) is 11.9. The highest BCUT2D eigenvalue weighted by Crippen LogP contribution is 2.04. The molecule has 5 nitrogen and oxygen atoms in total. The smallest absolute Gasteiger partial charge is 0.266 e. The van der Waals surface area contributed by atoms with Gasteiger partial charge in [-0.2, -0.15) is 5.10 Å². The number of carbonyl (C=O) groups is 1. The Morgan fingerprint density at radius 2 is 2.05 bits per heavy atom. The van der Waals surface area contributed by atoms with Gasteiger partial charge in [0.1, 0.15) is 5.82 Å². The SMILES string of the molecule is O=C(/C=C/c1ccc(F)cc1)NCCCn1ncccc1=O. The Kier molecular flexibility index (Phi) is 5.59. The van der Waals surface area contributed by atoms with E-state index in [1.54, 1.807) is 30.5 Å². The number of rotatable bonds is 6. The van der Waals surface area contributed by atoms with E-state index in [0.717, 1.165) is 5.56 Å². The van der Waals surface area contributed by atoms with Gasteiger partial charge in [-0.25, -0.2) is 9.07 Å². The Hall–Kier alpha value is -2.76. The summed E-state index contributed by atoms with van der Waals surface area (Å²) >= 11 is 0. The van der Waals surface area contributed by atoms with Gasteiger partial charge in [0.05, 0.1) is 0 Å². The lowest BCUT2D eigenvalue weighted by atomic mass is 10.2. The molecule has 2 aromatic rings. The fourth-order valence-corrected chi connectivity index (χ4v) is 1.80. The van der Waals surface area contributed by atoms with E-state index in [4.69, 9.17) is 0 Å². The largest absolute Gasteiger partial charge is 0.352 e. The van der Waals surface area contributed by atoms with Crippen LogP contribution in [0.2, 0.25) is 0 Å². The number of halogens is 1. The molecular formula is C16H16FN3O2. The molecule has 0 aliphatic carbocycles. The maximum absolute atomic E-state index is 12.7. The number of hydrogen-bond donors (Lipinski definition) is 1. The number of nitrogens with one attached hydrogen (secondary N) is 1. The molecule has 0 saturated heterocycles. The quantitative estimate of drug-likeness (QED) is 0.651. The lowest BCUT2D eigenvalue weighted by Crippen LogP contribution is -2.26. The number of benzene rings is 1. The summed E-state index contributed by atoms with van der Waals surface area (Å²) in [5, 5.41) is 6.64. The summed E-state index contributed by atoms with van der Waals surface area (Å²) in [6.07, 6.45) is 5.15. The Balaban J connectivity index is 1.73. The number of hydrogen-bond acceptors (Lipinski definition) is 3. The zero-order valence-electron chi connectivity index (χ0n) is 11.9. The second-order valence-electron chi connectivity index (χ2n) is 4.61. The number of aryl methyl sites for hydroxylation is 1. The van der Waals surface area contributed by atoms with Crippen molar-refractivity contribution in [1.82, 2.24) is 15.1 Å². The molecule has 114 valence electrons. The van der Waals surface area contributed by atoms with E-state index in [1.807, 2.05) is 0 Å². The van der Waals surface area contributed by atoms with Gasteiger partial charge in [0, 0.05) is 31.4 Å². The summed E-state index contributed by atoms with van der Waals surface area (Å²) < 4.78 is 14.1. The van der Waals surface area contributed by atoms with Crippen LogP contribution in [0.3, 0.4) is 0 Å². The molecule has 0 aliphatic rings. The molecule has 0 saturated carbocycles. The molecule has 2 rings (SSSR count). The molecule has 1 aromatic heterocycles. The van der Waals surface area contributed by atoms with Gasteiger partial charge in [-0.15, -0.1) is 0 Å². The van der Waals surface area contributed by atoms with E-state index in [1.165, 1.54) is 29.0 Å². The molecule has 0 radical (unpaired) electrons. The molecule has 0 aliphatic heterocycles. The first-order valence-electron chi connectivity index (χ1n) is 6.89. The van der Waals surface area contributed by atoms with Crippen molar-refractivity contribution < 1.29 is 9.18 Å². The second-order valence-corrected chi connectivity index (χ2v) is 4.61. The Morgan fingerprint density at radius 1 is 1.27 bits per heavy atom. The molecule has 0 spiro atoms. The van der Waals surface area contributed by atoms with Crippen LogP contribution >= 0.6 is 0 Å². The molecule has 22 heavy (non-hydrogen) atoms. The molecule has 1 aromatic carbocycles. The fourth-order valence-electron chi connectivity index (χ4n) is 1.80. The lowest BCUT2D eigenvalue weighted by molar-refractivity contribution is -0.116.